The van der Waals surface area contributed by atoms with Gasteiger partial charge in [-0.25, -0.2) is 0 Å². The molecule has 0 aromatic heterocycles. The Morgan fingerprint density at radius 1 is 1.31 bits per heavy atom. The van der Waals surface area contributed by atoms with Gasteiger partial charge in [-0.15, -0.1) is 0 Å². The molecule has 0 heterocycles. The molecule has 0 aliphatic carbocycles. The molecule has 1 N–H and O–H groups in total. The van der Waals surface area contributed by atoms with Crippen molar-refractivity contribution in [3.05, 3.63) is 24.3 Å². The van der Waals surface area contributed by atoms with Gasteiger partial charge in [0.15, 0.2) is 0 Å². The second kappa shape index (κ2) is 6.71. The van der Waals surface area contributed by atoms with E-state index in [-0.39, 0.29) is 5.97 Å². The summed E-state index contributed by atoms with van der Waals surface area (Å²) >= 11 is 0. The van der Waals surface area contributed by atoms with Crippen molar-refractivity contribution >= 4 is 11.7 Å². The number of carbonyl (C=O) groups is 1. The lowest BCUT2D eigenvalue weighted by Crippen LogP contribution is -2.04. The third-order valence-corrected chi connectivity index (χ3v) is 2.16. The van der Waals surface area contributed by atoms with Crippen LogP contribution in [0.2, 0.25) is 0 Å². The van der Waals surface area contributed by atoms with Gasteiger partial charge in [-0.05, 0) is 30.7 Å². The fourth-order valence-corrected chi connectivity index (χ4v) is 1.23. The number of hydrogen-bond donors (Lipinski definition) is 1. The van der Waals surface area contributed by atoms with Gasteiger partial charge in [0, 0.05) is 19.2 Å². The van der Waals surface area contributed by atoms with Crippen molar-refractivity contribution in [2.75, 3.05) is 26.1 Å². The molecule has 1 aromatic rings. The van der Waals surface area contributed by atoms with Crippen LogP contribution in [0.1, 0.15) is 12.8 Å². The van der Waals surface area contributed by atoms with Crippen molar-refractivity contribution in [3.8, 4) is 5.75 Å². The van der Waals surface area contributed by atoms with Crippen LogP contribution in [0.4, 0.5) is 5.69 Å². The predicted octanol–water partition coefficient (Wildman–Crippen LogP) is 2.06. The molecule has 0 unspecified atom stereocenters. The first kappa shape index (κ1) is 12.4. The van der Waals surface area contributed by atoms with Gasteiger partial charge in [-0.1, -0.05) is 0 Å². The lowest BCUT2D eigenvalue weighted by Gasteiger charge is -2.06. The zero-order chi connectivity index (χ0) is 11.8. The summed E-state index contributed by atoms with van der Waals surface area (Å²) in [4.78, 5) is 10.8. The standard InChI is InChI=1S/C12H17NO3/c1-13-10-5-7-11(8-6-10)16-9-3-4-12(14)15-2/h5-8,13H,3-4,9H2,1-2H3. The second-order valence-electron chi connectivity index (χ2n) is 3.30. The van der Waals surface area contributed by atoms with Crippen LogP contribution in [-0.4, -0.2) is 26.7 Å². The van der Waals surface area contributed by atoms with Crippen LogP contribution in [0, 0.1) is 0 Å². The van der Waals surface area contributed by atoms with Gasteiger partial charge >= 0.3 is 5.97 Å². The molecule has 0 fully saturated rings. The van der Waals surface area contributed by atoms with Crippen LogP contribution in [-0.2, 0) is 9.53 Å². The van der Waals surface area contributed by atoms with E-state index in [9.17, 15) is 4.79 Å². The lowest BCUT2D eigenvalue weighted by molar-refractivity contribution is -0.140. The molecular weight excluding hydrogens is 206 g/mol. The molecule has 4 heteroatoms. The molecule has 0 saturated carbocycles. The van der Waals surface area contributed by atoms with Gasteiger partial charge in [0.1, 0.15) is 5.75 Å². The van der Waals surface area contributed by atoms with Crippen molar-refractivity contribution in [1.82, 2.24) is 0 Å². The Balaban J connectivity index is 2.24. The third kappa shape index (κ3) is 4.21. The van der Waals surface area contributed by atoms with E-state index in [4.69, 9.17) is 4.74 Å². The van der Waals surface area contributed by atoms with Gasteiger partial charge in [0.2, 0.25) is 0 Å². The Morgan fingerprint density at radius 3 is 2.56 bits per heavy atom. The Morgan fingerprint density at radius 2 is 2.00 bits per heavy atom. The number of carbonyl (C=O) groups excluding carboxylic acids is 1. The first-order valence-corrected chi connectivity index (χ1v) is 5.23. The van der Waals surface area contributed by atoms with Gasteiger partial charge in [-0.3, -0.25) is 4.79 Å². The largest absolute Gasteiger partial charge is 0.494 e. The van der Waals surface area contributed by atoms with Crippen LogP contribution in [0.5, 0.6) is 5.75 Å². The summed E-state index contributed by atoms with van der Waals surface area (Å²) in [6.07, 6.45) is 1.06. The number of nitrogens with one attached hydrogen (secondary N) is 1. The molecule has 0 aliphatic rings. The van der Waals surface area contributed by atoms with Crippen LogP contribution in [0.3, 0.4) is 0 Å². The van der Waals surface area contributed by atoms with E-state index in [0.717, 1.165) is 11.4 Å². The van der Waals surface area contributed by atoms with E-state index in [1.807, 2.05) is 31.3 Å². The smallest absolute Gasteiger partial charge is 0.305 e. The number of benzene rings is 1. The maximum atomic E-state index is 10.8. The van der Waals surface area contributed by atoms with Crippen LogP contribution in [0.15, 0.2) is 24.3 Å². The van der Waals surface area contributed by atoms with Crippen molar-refractivity contribution in [2.24, 2.45) is 0 Å². The topological polar surface area (TPSA) is 47.6 Å². The van der Waals surface area contributed by atoms with Gasteiger partial charge in [0.25, 0.3) is 0 Å². The minimum Gasteiger partial charge on any atom is -0.494 e. The molecule has 0 bridgehead atoms. The number of rotatable bonds is 6. The lowest BCUT2D eigenvalue weighted by atomic mass is 10.3. The highest BCUT2D eigenvalue weighted by Gasteiger charge is 2.00. The molecule has 0 radical (unpaired) electrons. The SMILES string of the molecule is CNc1ccc(OCCCC(=O)OC)cc1. The Bertz CT molecular complexity index is 322. The molecule has 4 nitrogen and oxygen atoms in total. The first-order chi connectivity index (χ1) is 7.76. The van der Waals surface area contributed by atoms with Gasteiger partial charge in [0.05, 0.1) is 13.7 Å². The van der Waals surface area contributed by atoms with E-state index in [1.54, 1.807) is 0 Å². The molecular formula is C12H17NO3. The highest BCUT2D eigenvalue weighted by molar-refractivity contribution is 5.69. The summed E-state index contributed by atoms with van der Waals surface area (Å²) in [5.41, 5.74) is 1.04. The third-order valence-electron chi connectivity index (χ3n) is 2.16. The average Bonchev–Trinajstić information content (AvgIpc) is 2.35. The Labute approximate surface area is 95.6 Å². The average molecular weight is 223 g/mol. The summed E-state index contributed by atoms with van der Waals surface area (Å²) < 4.78 is 9.99. The van der Waals surface area contributed by atoms with E-state index in [1.165, 1.54) is 7.11 Å². The zero-order valence-corrected chi connectivity index (χ0v) is 9.66. The van der Waals surface area contributed by atoms with Crippen molar-refractivity contribution in [2.45, 2.75) is 12.8 Å². The molecule has 1 rings (SSSR count). The fourth-order valence-electron chi connectivity index (χ4n) is 1.23. The maximum Gasteiger partial charge on any atom is 0.305 e. The molecule has 0 amide bonds. The molecule has 0 saturated heterocycles. The van der Waals surface area contributed by atoms with E-state index in [0.29, 0.717) is 19.4 Å². The van der Waals surface area contributed by atoms with Gasteiger partial charge in [-0.2, -0.15) is 0 Å². The second-order valence-corrected chi connectivity index (χ2v) is 3.30. The van der Waals surface area contributed by atoms with Crippen LogP contribution < -0.4 is 10.1 Å². The highest BCUT2D eigenvalue weighted by atomic mass is 16.5. The minimum absolute atomic E-state index is 0.200. The summed E-state index contributed by atoms with van der Waals surface area (Å²) in [5.74, 6) is 0.609. The number of hydrogen-bond acceptors (Lipinski definition) is 4. The maximum absolute atomic E-state index is 10.8. The fraction of sp³-hybridized carbons (Fsp3) is 0.417. The van der Waals surface area contributed by atoms with Crippen LogP contribution >= 0.6 is 0 Å². The van der Waals surface area contributed by atoms with Crippen molar-refractivity contribution < 1.29 is 14.3 Å². The first-order valence-electron chi connectivity index (χ1n) is 5.23. The molecule has 0 spiro atoms. The number of anilines is 1. The van der Waals surface area contributed by atoms with Crippen molar-refractivity contribution in [3.63, 3.8) is 0 Å². The number of methoxy groups -OCH3 is 1. The molecule has 0 atom stereocenters. The summed E-state index contributed by atoms with van der Waals surface area (Å²) in [6.45, 7) is 0.522. The minimum atomic E-state index is -0.200. The molecule has 16 heavy (non-hydrogen) atoms. The normalized spacial score (nSPS) is 9.62. The summed E-state index contributed by atoms with van der Waals surface area (Å²) in [6, 6.07) is 7.67. The van der Waals surface area contributed by atoms with E-state index in [2.05, 4.69) is 10.1 Å². The monoisotopic (exact) mass is 223 g/mol. The summed E-state index contributed by atoms with van der Waals surface area (Å²) in [5, 5.41) is 3.03. The number of ether oxygens (including phenoxy) is 2. The van der Waals surface area contributed by atoms with Crippen molar-refractivity contribution in [1.29, 1.82) is 0 Å². The molecule has 1 aromatic carbocycles. The quantitative estimate of drug-likeness (QED) is 0.592. The van der Waals surface area contributed by atoms with E-state index < -0.39 is 0 Å². The highest BCUT2D eigenvalue weighted by Crippen LogP contribution is 2.15. The Kier molecular flexibility index (Phi) is 5.19. The summed E-state index contributed by atoms with van der Waals surface area (Å²) in [7, 11) is 3.26. The zero-order valence-electron chi connectivity index (χ0n) is 9.66. The predicted molar refractivity (Wildman–Crippen MR) is 62.7 cm³/mol. The number of esters is 1. The van der Waals surface area contributed by atoms with Crippen LogP contribution in [0.25, 0.3) is 0 Å². The van der Waals surface area contributed by atoms with E-state index >= 15 is 0 Å². The Hall–Kier alpha value is -1.71. The molecule has 88 valence electrons. The van der Waals surface area contributed by atoms with Gasteiger partial charge < -0.3 is 14.8 Å². The molecule has 0 aliphatic heterocycles.